The fourth-order valence-corrected chi connectivity index (χ4v) is 1.54. The highest BCUT2D eigenvalue weighted by atomic mass is 16.3. The molecule has 1 N–H and O–H groups in total. The topological polar surface area (TPSA) is 53.7 Å². The first-order valence-electron chi connectivity index (χ1n) is 5.56. The minimum atomic E-state index is 0.195. The fourth-order valence-electron chi connectivity index (χ4n) is 1.54. The monoisotopic (exact) mass is 225 g/mol. The SMILES string of the molecule is CC(C)N(CCCO)Cc1ccc(C=O)o1. The van der Waals surface area contributed by atoms with Crippen molar-refractivity contribution in [3.63, 3.8) is 0 Å². The van der Waals surface area contributed by atoms with Crippen LogP contribution in [0.5, 0.6) is 0 Å². The molecule has 0 unspecified atom stereocenters. The summed E-state index contributed by atoms with van der Waals surface area (Å²) in [6, 6.07) is 3.88. The van der Waals surface area contributed by atoms with Crippen LogP contribution in [0.15, 0.2) is 16.5 Å². The molecule has 1 aromatic rings. The molecule has 1 rings (SSSR count). The number of aldehydes is 1. The molecule has 0 saturated heterocycles. The van der Waals surface area contributed by atoms with Gasteiger partial charge in [0, 0.05) is 19.2 Å². The number of hydrogen-bond donors (Lipinski definition) is 1. The summed E-state index contributed by atoms with van der Waals surface area (Å²) in [4.78, 5) is 12.7. The van der Waals surface area contributed by atoms with Crippen molar-refractivity contribution in [1.29, 1.82) is 0 Å². The molecule has 0 aliphatic rings. The third kappa shape index (κ3) is 3.79. The van der Waals surface area contributed by atoms with Gasteiger partial charge in [-0.3, -0.25) is 9.69 Å². The molecule has 0 saturated carbocycles. The van der Waals surface area contributed by atoms with Crippen molar-refractivity contribution in [2.45, 2.75) is 32.9 Å². The smallest absolute Gasteiger partial charge is 0.185 e. The summed E-state index contributed by atoms with van der Waals surface area (Å²) in [5.41, 5.74) is 0. The summed E-state index contributed by atoms with van der Waals surface area (Å²) in [6.45, 7) is 5.89. The van der Waals surface area contributed by atoms with Crippen LogP contribution in [0.1, 0.15) is 36.6 Å². The van der Waals surface area contributed by atoms with Gasteiger partial charge in [-0.25, -0.2) is 0 Å². The maximum atomic E-state index is 10.5. The number of hydrogen-bond acceptors (Lipinski definition) is 4. The fraction of sp³-hybridized carbons (Fsp3) is 0.583. The number of rotatable bonds is 7. The first-order valence-corrected chi connectivity index (χ1v) is 5.56. The predicted octanol–water partition coefficient (Wildman–Crippen LogP) is 1.68. The minimum absolute atomic E-state index is 0.195. The summed E-state index contributed by atoms with van der Waals surface area (Å²) < 4.78 is 5.32. The Bertz CT molecular complexity index is 320. The van der Waals surface area contributed by atoms with Crippen LogP contribution in [0.2, 0.25) is 0 Å². The molecule has 0 aliphatic heterocycles. The predicted molar refractivity (Wildman–Crippen MR) is 61.3 cm³/mol. The van der Waals surface area contributed by atoms with E-state index in [4.69, 9.17) is 9.52 Å². The molecular weight excluding hydrogens is 206 g/mol. The van der Waals surface area contributed by atoms with Crippen LogP contribution in [-0.4, -0.2) is 35.5 Å². The number of carbonyl (C=O) groups is 1. The highest BCUT2D eigenvalue weighted by molar-refractivity contribution is 5.70. The summed E-state index contributed by atoms with van der Waals surface area (Å²) >= 11 is 0. The second-order valence-corrected chi connectivity index (χ2v) is 4.06. The third-order valence-corrected chi connectivity index (χ3v) is 2.49. The van der Waals surface area contributed by atoms with Crippen molar-refractivity contribution in [2.75, 3.05) is 13.2 Å². The zero-order chi connectivity index (χ0) is 12.0. The van der Waals surface area contributed by atoms with Gasteiger partial charge in [-0.05, 0) is 32.4 Å². The van der Waals surface area contributed by atoms with Gasteiger partial charge in [0.05, 0.1) is 6.54 Å². The Morgan fingerprint density at radius 2 is 2.25 bits per heavy atom. The van der Waals surface area contributed by atoms with Crippen molar-refractivity contribution in [1.82, 2.24) is 4.90 Å². The quantitative estimate of drug-likeness (QED) is 0.717. The van der Waals surface area contributed by atoms with Crippen LogP contribution in [0.3, 0.4) is 0 Å². The Morgan fingerprint density at radius 3 is 2.75 bits per heavy atom. The van der Waals surface area contributed by atoms with Crippen molar-refractivity contribution >= 4 is 6.29 Å². The van der Waals surface area contributed by atoms with E-state index in [0.29, 0.717) is 24.6 Å². The summed E-state index contributed by atoms with van der Waals surface area (Å²) in [7, 11) is 0. The molecule has 0 fully saturated rings. The molecular formula is C12H19NO3. The normalized spacial score (nSPS) is 11.3. The second-order valence-electron chi connectivity index (χ2n) is 4.06. The average Bonchev–Trinajstić information content (AvgIpc) is 2.71. The van der Waals surface area contributed by atoms with Gasteiger partial charge in [-0.2, -0.15) is 0 Å². The lowest BCUT2D eigenvalue weighted by molar-refractivity contribution is 0.109. The third-order valence-electron chi connectivity index (χ3n) is 2.49. The largest absolute Gasteiger partial charge is 0.457 e. The first-order chi connectivity index (χ1) is 7.67. The van der Waals surface area contributed by atoms with E-state index in [9.17, 15) is 4.79 Å². The van der Waals surface area contributed by atoms with Crippen LogP contribution in [-0.2, 0) is 6.54 Å². The Hall–Kier alpha value is -1.13. The summed E-state index contributed by atoms with van der Waals surface area (Å²) in [6.07, 6.45) is 1.45. The number of aliphatic hydroxyl groups is 1. The molecule has 16 heavy (non-hydrogen) atoms. The Labute approximate surface area is 95.9 Å². The molecule has 1 heterocycles. The Balaban J connectivity index is 2.56. The maximum Gasteiger partial charge on any atom is 0.185 e. The molecule has 4 heteroatoms. The van der Waals surface area contributed by atoms with E-state index in [-0.39, 0.29) is 6.61 Å². The van der Waals surface area contributed by atoms with Crippen LogP contribution in [0.25, 0.3) is 0 Å². The molecule has 0 bridgehead atoms. The zero-order valence-corrected chi connectivity index (χ0v) is 9.85. The molecule has 4 nitrogen and oxygen atoms in total. The maximum absolute atomic E-state index is 10.5. The van der Waals surface area contributed by atoms with E-state index in [2.05, 4.69) is 18.7 Å². The molecule has 90 valence electrons. The molecule has 0 atom stereocenters. The van der Waals surface area contributed by atoms with E-state index < -0.39 is 0 Å². The van der Waals surface area contributed by atoms with E-state index in [1.165, 1.54) is 0 Å². The van der Waals surface area contributed by atoms with Gasteiger partial charge in [-0.1, -0.05) is 0 Å². The van der Waals surface area contributed by atoms with Crippen molar-refractivity contribution in [3.05, 3.63) is 23.7 Å². The molecule has 1 aromatic heterocycles. The number of furan rings is 1. The molecule has 0 aromatic carbocycles. The minimum Gasteiger partial charge on any atom is -0.457 e. The van der Waals surface area contributed by atoms with Crippen molar-refractivity contribution < 1.29 is 14.3 Å². The first kappa shape index (κ1) is 12.9. The Morgan fingerprint density at radius 1 is 1.50 bits per heavy atom. The lowest BCUT2D eigenvalue weighted by atomic mass is 10.2. The van der Waals surface area contributed by atoms with Crippen LogP contribution >= 0.6 is 0 Å². The number of nitrogens with zero attached hydrogens (tertiary/aromatic N) is 1. The lowest BCUT2D eigenvalue weighted by Crippen LogP contribution is -2.31. The van der Waals surface area contributed by atoms with Gasteiger partial charge in [0.2, 0.25) is 0 Å². The average molecular weight is 225 g/mol. The summed E-state index contributed by atoms with van der Waals surface area (Å²) in [5.74, 6) is 1.15. The van der Waals surface area contributed by atoms with E-state index in [1.54, 1.807) is 6.07 Å². The van der Waals surface area contributed by atoms with Gasteiger partial charge in [0.25, 0.3) is 0 Å². The number of carbonyl (C=O) groups excluding carboxylic acids is 1. The van der Waals surface area contributed by atoms with Crippen LogP contribution in [0, 0.1) is 0 Å². The molecule has 0 spiro atoms. The zero-order valence-electron chi connectivity index (χ0n) is 9.85. The van der Waals surface area contributed by atoms with Gasteiger partial charge < -0.3 is 9.52 Å². The van der Waals surface area contributed by atoms with Gasteiger partial charge >= 0.3 is 0 Å². The van der Waals surface area contributed by atoms with Crippen LogP contribution < -0.4 is 0 Å². The van der Waals surface area contributed by atoms with Crippen LogP contribution in [0.4, 0.5) is 0 Å². The van der Waals surface area contributed by atoms with E-state index in [1.807, 2.05) is 6.07 Å². The van der Waals surface area contributed by atoms with Crippen molar-refractivity contribution in [2.24, 2.45) is 0 Å². The van der Waals surface area contributed by atoms with Gasteiger partial charge in [0.1, 0.15) is 5.76 Å². The van der Waals surface area contributed by atoms with E-state index in [0.717, 1.165) is 18.7 Å². The molecule has 0 radical (unpaired) electrons. The highest BCUT2D eigenvalue weighted by Crippen LogP contribution is 2.11. The second kappa shape index (κ2) is 6.45. The Kier molecular flexibility index (Phi) is 5.22. The molecule has 0 aliphatic carbocycles. The standard InChI is InChI=1S/C12H19NO3/c1-10(2)13(6-3-7-14)8-11-4-5-12(9-15)16-11/h4-5,9-10,14H,3,6-8H2,1-2H3. The molecule has 0 amide bonds. The van der Waals surface area contributed by atoms with Gasteiger partial charge in [-0.15, -0.1) is 0 Å². The summed E-state index contributed by atoms with van der Waals surface area (Å²) in [5, 5.41) is 8.81. The van der Waals surface area contributed by atoms with E-state index >= 15 is 0 Å². The highest BCUT2D eigenvalue weighted by Gasteiger charge is 2.11. The van der Waals surface area contributed by atoms with Crippen molar-refractivity contribution in [3.8, 4) is 0 Å². The van der Waals surface area contributed by atoms with Gasteiger partial charge in [0.15, 0.2) is 12.0 Å². The number of aliphatic hydroxyl groups excluding tert-OH is 1. The lowest BCUT2D eigenvalue weighted by Gasteiger charge is -2.24.